The molecule has 2 aromatic rings. The van der Waals surface area contributed by atoms with Gasteiger partial charge in [0.25, 0.3) is 0 Å². The van der Waals surface area contributed by atoms with E-state index in [1.54, 1.807) is 11.3 Å². The zero-order valence-electron chi connectivity index (χ0n) is 10.2. The van der Waals surface area contributed by atoms with E-state index in [-0.39, 0.29) is 0 Å². The zero-order chi connectivity index (χ0) is 11.9. The van der Waals surface area contributed by atoms with Gasteiger partial charge in [-0.2, -0.15) is 0 Å². The Kier molecular flexibility index (Phi) is 4.98. The molecule has 1 N–H and O–H groups in total. The molecule has 1 aromatic heterocycles. The van der Waals surface area contributed by atoms with Crippen molar-refractivity contribution >= 4 is 21.4 Å². The fourth-order valence-electron chi connectivity index (χ4n) is 1.81. The molecule has 0 aliphatic rings. The van der Waals surface area contributed by atoms with E-state index in [1.165, 1.54) is 15.6 Å². The summed E-state index contributed by atoms with van der Waals surface area (Å²) >= 11 is 1.80. The van der Waals surface area contributed by atoms with Gasteiger partial charge in [0.15, 0.2) is 0 Å². The summed E-state index contributed by atoms with van der Waals surface area (Å²) in [4.78, 5) is 0. The van der Waals surface area contributed by atoms with E-state index in [0.717, 1.165) is 32.6 Å². The summed E-state index contributed by atoms with van der Waals surface area (Å²) in [6.45, 7) is 2.70. The molecule has 0 aliphatic carbocycles. The molecular weight excluding hydrogens is 230 g/mol. The lowest BCUT2D eigenvalue weighted by Crippen LogP contribution is -2.11. The van der Waals surface area contributed by atoms with E-state index >= 15 is 0 Å². The first-order valence-corrected chi connectivity index (χ1v) is 6.96. The molecule has 0 saturated carbocycles. The van der Waals surface area contributed by atoms with Gasteiger partial charge in [0.05, 0.1) is 6.61 Å². The van der Waals surface area contributed by atoms with Gasteiger partial charge in [-0.25, -0.2) is 0 Å². The Morgan fingerprint density at radius 2 is 2.18 bits per heavy atom. The third kappa shape index (κ3) is 3.80. The van der Waals surface area contributed by atoms with E-state index in [2.05, 4.69) is 35.0 Å². The fourth-order valence-corrected chi connectivity index (χ4v) is 2.59. The third-order valence-corrected chi connectivity index (χ3v) is 3.67. The minimum atomic E-state index is 0.819. The van der Waals surface area contributed by atoms with Crippen molar-refractivity contribution in [2.75, 3.05) is 26.8 Å². The maximum atomic E-state index is 5.60. The van der Waals surface area contributed by atoms with E-state index in [9.17, 15) is 0 Å². The Hall–Kier alpha value is -0.900. The van der Waals surface area contributed by atoms with Crippen LogP contribution in [0.25, 0.3) is 10.1 Å². The van der Waals surface area contributed by atoms with Gasteiger partial charge in [0.2, 0.25) is 0 Å². The Labute approximate surface area is 107 Å². The molecule has 17 heavy (non-hydrogen) atoms. The number of hydrogen-bond donors (Lipinski definition) is 1. The Bertz CT molecular complexity index is 452. The van der Waals surface area contributed by atoms with Gasteiger partial charge in [-0.15, -0.1) is 11.3 Å². The maximum absolute atomic E-state index is 5.60. The normalized spacial score (nSPS) is 11.1. The Balaban J connectivity index is 1.75. The summed E-state index contributed by atoms with van der Waals surface area (Å²) in [7, 11) is 1.97. The highest BCUT2D eigenvalue weighted by atomic mass is 32.1. The van der Waals surface area contributed by atoms with Crippen molar-refractivity contribution in [3.63, 3.8) is 0 Å². The van der Waals surface area contributed by atoms with E-state index in [0.29, 0.717) is 0 Å². The molecule has 0 spiro atoms. The molecule has 0 amide bonds. The number of benzene rings is 1. The first kappa shape index (κ1) is 12.6. The zero-order valence-corrected chi connectivity index (χ0v) is 11.1. The number of thiophene rings is 1. The molecule has 0 aliphatic heterocycles. The minimum Gasteiger partial charge on any atom is -0.381 e. The third-order valence-electron chi connectivity index (χ3n) is 2.77. The van der Waals surface area contributed by atoms with Gasteiger partial charge in [-0.3, -0.25) is 0 Å². The van der Waals surface area contributed by atoms with Crippen LogP contribution in [0.3, 0.4) is 0 Å². The summed E-state index contributed by atoms with van der Waals surface area (Å²) in [5.41, 5.74) is 1.37. The van der Waals surface area contributed by atoms with Gasteiger partial charge in [0, 0.05) is 11.3 Å². The Morgan fingerprint density at radius 3 is 3.06 bits per heavy atom. The molecule has 0 fully saturated rings. The molecule has 92 valence electrons. The lowest BCUT2D eigenvalue weighted by molar-refractivity contribution is 0.135. The average molecular weight is 249 g/mol. The first-order chi connectivity index (χ1) is 8.40. The van der Waals surface area contributed by atoms with Crippen LogP contribution in [0.4, 0.5) is 0 Å². The predicted octanol–water partition coefficient (Wildman–Crippen LogP) is 3.07. The summed E-state index contributed by atoms with van der Waals surface area (Å²) in [6.07, 6.45) is 2.09. The second-order valence-electron chi connectivity index (χ2n) is 4.11. The fraction of sp³-hybridized carbons (Fsp3) is 0.429. The van der Waals surface area contributed by atoms with E-state index in [1.807, 2.05) is 7.05 Å². The van der Waals surface area contributed by atoms with Crippen LogP contribution in [-0.4, -0.2) is 26.8 Å². The van der Waals surface area contributed by atoms with Crippen molar-refractivity contribution < 1.29 is 4.74 Å². The van der Waals surface area contributed by atoms with Crippen molar-refractivity contribution in [3.8, 4) is 0 Å². The van der Waals surface area contributed by atoms with Crippen LogP contribution >= 0.6 is 11.3 Å². The highest BCUT2D eigenvalue weighted by Gasteiger charge is 1.98. The van der Waals surface area contributed by atoms with Gasteiger partial charge >= 0.3 is 0 Å². The average Bonchev–Trinajstić information content (AvgIpc) is 2.81. The van der Waals surface area contributed by atoms with Crippen molar-refractivity contribution in [3.05, 3.63) is 35.2 Å². The van der Waals surface area contributed by atoms with Gasteiger partial charge in [0.1, 0.15) is 0 Å². The molecule has 1 heterocycles. The van der Waals surface area contributed by atoms with Crippen molar-refractivity contribution in [2.45, 2.75) is 12.8 Å². The van der Waals surface area contributed by atoms with E-state index in [4.69, 9.17) is 4.74 Å². The Morgan fingerprint density at radius 1 is 1.24 bits per heavy atom. The number of hydrogen-bond acceptors (Lipinski definition) is 3. The van der Waals surface area contributed by atoms with Crippen molar-refractivity contribution in [1.29, 1.82) is 0 Å². The summed E-state index contributed by atoms with van der Waals surface area (Å²) in [6, 6.07) is 8.85. The highest BCUT2D eigenvalue weighted by Crippen LogP contribution is 2.21. The molecule has 3 heteroatoms. The largest absolute Gasteiger partial charge is 0.381 e. The van der Waals surface area contributed by atoms with Crippen molar-refractivity contribution in [1.82, 2.24) is 5.32 Å². The first-order valence-electron chi connectivity index (χ1n) is 6.08. The van der Waals surface area contributed by atoms with Crippen LogP contribution < -0.4 is 5.32 Å². The maximum Gasteiger partial charge on any atom is 0.0506 e. The lowest BCUT2D eigenvalue weighted by atomic mass is 10.1. The monoisotopic (exact) mass is 249 g/mol. The standard InChI is InChI=1S/C14H19NOS/c1-15-7-2-8-16-9-5-12-3-4-14-13(11-12)6-10-17-14/h3-4,6,10-11,15H,2,5,7-9H2,1H3. The molecule has 1 aromatic carbocycles. The SMILES string of the molecule is CNCCCOCCc1ccc2sccc2c1. The molecule has 2 rings (SSSR count). The summed E-state index contributed by atoms with van der Waals surface area (Å²) in [5.74, 6) is 0. The minimum absolute atomic E-state index is 0.819. The molecule has 0 atom stereocenters. The van der Waals surface area contributed by atoms with Crippen LogP contribution in [-0.2, 0) is 11.2 Å². The molecule has 0 bridgehead atoms. The topological polar surface area (TPSA) is 21.3 Å². The summed E-state index contributed by atoms with van der Waals surface area (Å²) < 4.78 is 6.96. The number of rotatable bonds is 7. The summed E-state index contributed by atoms with van der Waals surface area (Å²) in [5, 5.41) is 6.61. The van der Waals surface area contributed by atoms with Crippen molar-refractivity contribution in [2.24, 2.45) is 0 Å². The smallest absolute Gasteiger partial charge is 0.0506 e. The molecule has 0 radical (unpaired) electrons. The molecule has 2 nitrogen and oxygen atoms in total. The number of nitrogens with one attached hydrogen (secondary N) is 1. The second-order valence-corrected chi connectivity index (χ2v) is 5.06. The second kappa shape index (κ2) is 6.74. The van der Waals surface area contributed by atoms with E-state index < -0.39 is 0 Å². The van der Waals surface area contributed by atoms with Crippen LogP contribution in [0, 0.1) is 0 Å². The van der Waals surface area contributed by atoms with Gasteiger partial charge in [-0.1, -0.05) is 12.1 Å². The van der Waals surface area contributed by atoms with Crippen LogP contribution in [0.5, 0.6) is 0 Å². The highest BCUT2D eigenvalue weighted by molar-refractivity contribution is 7.17. The molecule has 0 saturated heterocycles. The molecular formula is C14H19NOS. The van der Waals surface area contributed by atoms with Crippen LogP contribution in [0.1, 0.15) is 12.0 Å². The molecule has 0 unspecified atom stereocenters. The number of ether oxygens (including phenoxy) is 1. The van der Waals surface area contributed by atoms with Crippen LogP contribution in [0.15, 0.2) is 29.6 Å². The lowest BCUT2D eigenvalue weighted by Gasteiger charge is -2.04. The quantitative estimate of drug-likeness (QED) is 0.761. The van der Waals surface area contributed by atoms with Crippen LogP contribution in [0.2, 0.25) is 0 Å². The van der Waals surface area contributed by atoms with Gasteiger partial charge < -0.3 is 10.1 Å². The predicted molar refractivity (Wildman–Crippen MR) is 74.9 cm³/mol. The van der Waals surface area contributed by atoms with Gasteiger partial charge in [-0.05, 0) is 54.9 Å². The number of fused-ring (bicyclic) bond motifs is 1.